The molecule has 0 bridgehead atoms. The van der Waals surface area contributed by atoms with Crippen molar-refractivity contribution in [3.8, 4) is 5.75 Å². The van der Waals surface area contributed by atoms with Crippen LogP contribution in [0.4, 0.5) is 11.4 Å². The van der Waals surface area contributed by atoms with E-state index in [1.807, 2.05) is 24.0 Å². The van der Waals surface area contributed by atoms with Gasteiger partial charge in [-0.1, -0.05) is 6.07 Å². The van der Waals surface area contributed by atoms with E-state index in [0.29, 0.717) is 11.4 Å². The summed E-state index contributed by atoms with van der Waals surface area (Å²) in [7, 11) is 1.52. The fourth-order valence-electron chi connectivity index (χ4n) is 2.86. The molecule has 1 atom stereocenters. The largest absolute Gasteiger partial charge is 0.495 e. The molecule has 0 spiro atoms. The molecule has 9 heteroatoms. The van der Waals surface area contributed by atoms with Crippen molar-refractivity contribution in [3.63, 3.8) is 0 Å². The van der Waals surface area contributed by atoms with Crippen LogP contribution in [0.3, 0.4) is 0 Å². The van der Waals surface area contributed by atoms with Gasteiger partial charge in [0.25, 0.3) is 5.56 Å². The third kappa shape index (κ3) is 3.37. The molecule has 1 fully saturated rings. The van der Waals surface area contributed by atoms with Gasteiger partial charge in [-0.05, 0) is 24.6 Å². The van der Waals surface area contributed by atoms with Crippen molar-refractivity contribution in [1.29, 1.82) is 0 Å². The van der Waals surface area contributed by atoms with Crippen molar-refractivity contribution in [2.24, 2.45) is 5.92 Å². The van der Waals surface area contributed by atoms with Crippen molar-refractivity contribution in [2.45, 2.75) is 13.3 Å². The number of aromatic amines is 2. The maximum absolute atomic E-state index is 12.4. The summed E-state index contributed by atoms with van der Waals surface area (Å²) in [6, 6.07) is 5.46. The first-order valence-electron chi connectivity index (χ1n) is 7.97. The smallest absolute Gasteiger partial charge is 0.325 e. The van der Waals surface area contributed by atoms with Crippen LogP contribution >= 0.6 is 0 Å². The van der Waals surface area contributed by atoms with Crippen LogP contribution in [0, 0.1) is 12.8 Å². The van der Waals surface area contributed by atoms with Crippen LogP contribution < -0.4 is 26.2 Å². The quantitative estimate of drug-likeness (QED) is 0.728. The topological polar surface area (TPSA) is 124 Å². The number of rotatable bonds is 4. The number of amides is 2. The summed E-state index contributed by atoms with van der Waals surface area (Å²) in [5.74, 6) is -0.754. The molecule has 0 radical (unpaired) electrons. The Labute approximate surface area is 148 Å². The number of nitrogens with zero attached hydrogens (tertiary/aromatic N) is 1. The number of H-pyrrole nitrogens is 2. The van der Waals surface area contributed by atoms with Crippen molar-refractivity contribution < 1.29 is 14.3 Å². The second-order valence-electron chi connectivity index (χ2n) is 6.06. The first kappa shape index (κ1) is 17.5. The van der Waals surface area contributed by atoms with Gasteiger partial charge in [0.2, 0.25) is 11.8 Å². The second kappa shape index (κ2) is 6.87. The number of hydrogen-bond acceptors (Lipinski definition) is 5. The Morgan fingerprint density at radius 3 is 2.77 bits per heavy atom. The van der Waals surface area contributed by atoms with E-state index >= 15 is 0 Å². The van der Waals surface area contributed by atoms with Gasteiger partial charge in [-0.25, -0.2) is 4.79 Å². The van der Waals surface area contributed by atoms with Crippen LogP contribution in [0.5, 0.6) is 5.75 Å². The normalized spacial score (nSPS) is 16.6. The van der Waals surface area contributed by atoms with E-state index in [1.165, 1.54) is 12.0 Å². The molecule has 0 saturated carbocycles. The first-order valence-corrected chi connectivity index (χ1v) is 7.97. The second-order valence-corrected chi connectivity index (χ2v) is 6.06. The van der Waals surface area contributed by atoms with Gasteiger partial charge in [0.05, 0.1) is 18.7 Å². The number of benzene rings is 1. The Bertz CT molecular complexity index is 978. The minimum atomic E-state index is -0.705. The Morgan fingerprint density at radius 2 is 2.08 bits per heavy atom. The molecule has 3 rings (SSSR count). The fraction of sp³-hybridized carbons (Fsp3) is 0.294. The maximum atomic E-state index is 12.4. The summed E-state index contributed by atoms with van der Waals surface area (Å²) in [5, 5.41) is 2.45. The molecule has 1 saturated heterocycles. The molecule has 9 nitrogen and oxygen atoms in total. The summed E-state index contributed by atoms with van der Waals surface area (Å²) in [5.41, 5.74) is 0.120. The number of methoxy groups -OCH3 is 1. The molecule has 1 aromatic carbocycles. The lowest BCUT2D eigenvalue weighted by Gasteiger charge is -2.20. The zero-order valence-electron chi connectivity index (χ0n) is 14.3. The number of aryl methyl sites for hydroxylation is 1. The van der Waals surface area contributed by atoms with E-state index in [9.17, 15) is 19.2 Å². The number of nitrogens with one attached hydrogen (secondary N) is 3. The molecule has 136 valence electrons. The number of carbonyl (C=O) groups excluding carboxylic acids is 2. The predicted octanol–water partition coefficient (Wildman–Crippen LogP) is 0.372. The number of anilines is 2. The highest BCUT2D eigenvalue weighted by Gasteiger charge is 2.36. The van der Waals surface area contributed by atoms with E-state index < -0.39 is 23.1 Å². The lowest BCUT2D eigenvalue weighted by Crippen LogP contribution is -2.31. The van der Waals surface area contributed by atoms with Gasteiger partial charge in [-0.15, -0.1) is 0 Å². The molecule has 3 N–H and O–H groups in total. The van der Waals surface area contributed by atoms with Gasteiger partial charge in [0, 0.05) is 19.2 Å². The third-order valence-electron chi connectivity index (χ3n) is 4.20. The molecule has 2 aromatic rings. The van der Waals surface area contributed by atoms with E-state index in [0.717, 1.165) is 11.8 Å². The van der Waals surface area contributed by atoms with Crippen molar-refractivity contribution in [2.75, 3.05) is 23.9 Å². The van der Waals surface area contributed by atoms with Crippen LogP contribution in [0.1, 0.15) is 12.0 Å². The molecular formula is C17H18N4O5. The molecule has 1 unspecified atom stereocenters. The van der Waals surface area contributed by atoms with Gasteiger partial charge in [0.15, 0.2) is 0 Å². The fourth-order valence-corrected chi connectivity index (χ4v) is 2.86. The number of aromatic nitrogens is 2. The van der Waals surface area contributed by atoms with E-state index in [1.54, 1.807) is 6.07 Å². The summed E-state index contributed by atoms with van der Waals surface area (Å²) in [4.78, 5) is 53.4. The highest BCUT2D eigenvalue weighted by molar-refractivity contribution is 6.04. The van der Waals surface area contributed by atoms with Crippen LogP contribution in [0.2, 0.25) is 0 Å². The SMILES string of the molecule is COc1ccc(C)cc1N1CC(C(=O)Nc2c[nH]c(=O)[nH]c2=O)CC1=O. The average molecular weight is 358 g/mol. The Hall–Kier alpha value is -3.36. The van der Waals surface area contributed by atoms with Crippen LogP contribution in [0.25, 0.3) is 0 Å². The third-order valence-corrected chi connectivity index (χ3v) is 4.20. The number of hydrogen-bond donors (Lipinski definition) is 3. The predicted molar refractivity (Wildman–Crippen MR) is 94.5 cm³/mol. The van der Waals surface area contributed by atoms with Gasteiger partial charge in [0.1, 0.15) is 11.4 Å². The Balaban J connectivity index is 1.79. The van der Waals surface area contributed by atoms with Crippen molar-refractivity contribution >= 4 is 23.2 Å². The molecule has 1 aliphatic heterocycles. The summed E-state index contributed by atoms with van der Waals surface area (Å²) < 4.78 is 5.31. The Kier molecular flexibility index (Phi) is 4.61. The van der Waals surface area contributed by atoms with Gasteiger partial charge in [-0.3, -0.25) is 19.4 Å². The molecule has 26 heavy (non-hydrogen) atoms. The average Bonchev–Trinajstić information content (AvgIpc) is 2.99. The van der Waals surface area contributed by atoms with Crippen LogP contribution in [-0.2, 0) is 9.59 Å². The maximum Gasteiger partial charge on any atom is 0.325 e. The van der Waals surface area contributed by atoms with Gasteiger partial charge >= 0.3 is 5.69 Å². The molecule has 0 aliphatic carbocycles. The highest BCUT2D eigenvalue weighted by Crippen LogP contribution is 2.34. The van der Waals surface area contributed by atoms with Gasteiger partial charge in [-0.2, -0.15) is 0 Å². The molecule has 2 heterocycles. The molecule has 2 amide bonds. The Morgan fingerprint density at radius 1 is 1.31 bits per heavy atom. The van der Waals surface area contributed by atoms with E-state index in [-0.39, 0.29) is 24.6 Å². The molecule has 1 aromatic heterocycles. The van der Waals surface area contributed by atoms with E-state index in [4.69, 9.17) is 4.74 Å². The highest BCUT2D eigenvalue weighted by atomic mass is 16.5. The minimum Gasteiger partial charge on any atom is -0.495 e. The minimum absolute atomic E-state index is 0.0180. The zero-order valence-corrected chi connectivity index (χ0v) is 14.3. The molecular weight excluding hydrogens is 340 g/mol. The van der Waals surface area contributed by atoms with Crippen molar-refractivity contribution in [3.05, 3.63) is 50.8 Å². The monoisotopic (exact) mass is 358 g/mol. The summed E-state index contributed by atoms with van der Waals surface area (Å²) >= 11 is 0. The first-order chi connectivity index (χ1) is 12.4. The van der Waals surface area contributed by atoms with Crippen LogP contribution in [-0.4, -0.2) is 35.4 Å². The molecule has 1 aliphatic rings. The van der Waals surface area contributed by atoms with Gasteiger partial charge < -0.3 is 19.9 Å². The van der Waals surface area contributed by atoms with Crippen molar-refractivity contribution in [1.82, 2.24) is 9.97 Å². The number of carbonyl (C=O) groups is 2. The lowest BCUT2D eigenvalue weighted by atomic mass is 10.1. The van der Waals surface area contributed by atoms with Crippen LogP contribution in [0.15, 0.2) is 34.0 Å². The standard InChI is InChI=1S/C17H18N4O5/c1-9-3-4-13(26-2)12(5-9)21-8-10(6-14(21)22)15(23)19-11-7-18-17(25)20-16(11)24/h3-5,7,10H,6,8H2,1-2H3,(H,19,23)(H2,18,20,24,25). The van der Waals surface area contributed by atoms with E-state index in [2.05, 4.69) is 10.3 Å². The summed E-state index contributed by atoms with van der Waals surface area (Å²) in [6.07, 6.45) is 1.14. The zero-order chi connectivity index (χ0) is 18.8. The lowest BCUT2D eigenvalue weighted by molar-refractivity contribution is -0.122. The summed E-state index contributed by atoms with van der Waals surface area (Å²) in [6.45, 7) is 2.07. The number of ether oxygens (including phenoxy) is 1.